The summed E-state index contributed by atoms with van der Waals surface area (Å²) in [5.41, 5.74) is 5.13. The summed E-state index contributed by atoms with van der Waals surface area (Å²) in [6, 6.07) is 12.5. The Balaban J connectivity index is 1.59. The van der Waals surface area contributed by atoms with Gasteiger partial charge in [-0.1, -0.05) is 18.2 Å². The zero-order valence-corrected chi connectivity index (χ0v) is 20.0. The first-order valence-electron chi connectivity index (χ1n) is 11.2. The first-order valence-corrected chi connectivity index (χ1v) is 11.2. The minimum atomic E-state index is -0.272. The zero-order chi connectivity index (χ0) is 24.5. The molecule has 5 rings (SSSR count). The molecule has 0 bridgehead atoms. The lowest BCUT2D eigenvalue weighted by Crippen LogP contribution is -2.35. The molecular weight excluding hydrogens is 449 g/mol. The molecular formula is C26H26FN5O3. The molecule has 0 amide bonds. The van der Waals surface area contributed by atoms with Gasteiger partial charge in [0.15, 0.2) is 0 Å². The summed E-state index contributed by atoms with van der Waals surface area (Å²) >= 11 is 0. The number of ether oxygens (including phenoxy) is 3. The van der Waals surface area contributed by atoms with Crippen LogP contribution in [0.15, 0.2) is 55.0 Å². The lowest BCUT2D eigenvalue weighted by Gasteiger charge is -2.35. The lowest BCUT2D eigenvalue weighted by atomic mass is 10.0. The SMILES string of the molecule is COc1nc(-c2ccc(-n3cnc(C)c3)c(OC)c2)c2c(n1)N(C(C)c1ccc(F)cc1)COC2. The Morgan fingerprint density at radius 2 is 1.86 bits per heavy atom. The summed E-state index contributed by atoms with van der Waals surface area (Å²) in [5.74, 6) is 1.13. The van der Waals surface area contributed by atoms with Crippen LogP contribution < -0.4 is 14.4 Å². The molecule has 1 unspecified atom stereocenters. The molecule has 0 saturated heterocycles. The van der Waals surface area contributed by atoms with Crippen molar-refractivity contribution < 1.29 is 18.6 Å². The number of aromatic nitrogens is 4. The van der Waals surface area contributed by atoms with Crippen molar-refractivity contribution in [3.63, 3.8) is 0 Å². The molecule has 0 radical (unpaired) electrons. The molecule has 0 saturated carbocycles. The number of imidazole rings is 1. The second-order valence-corrected chi connectivity index (χ2v) is 8.34. The molecule has 9 heteroatoms. The molecule has 0 spiro atoms. The van der Waals surface area contributed by atoms with E-state index in [-0.39, 0.29) is 17.9 Å². The average molecular weight is 476 g/mol. The van der Waals surface area contributed by atoms with E-state index >= 15 is 0 Å². The monoisotopic (exact) mass is 475 g/mol. The summed E-state index contributed by atoms with van der Waals surface area (Å²) in [5, 5.41) is 0. The highest BCUT2D eigenvalue weighted by molar-refractivity contribution is 5.73. The highest BCUT2D eigenvalue weighted by Gasteiger charge is 2.29. The third-order valence-electron chi connectivity index (χ3n) is 6.16. The van der Waals surface area contributed by atoms with Crippen LogP contribution in [0.25, 0.3) is 16.9 Å². The maximum absolute atomic E-state index is 13.5. The normalized spacial score (nSPS) is 13.9. The molecule has 0 fully saturated rings. The quantitative estimate of drug-likeness (QED) is 0.395. The van der Waals surface area contributed by atoms with Gasteiger partial charge in [0.2, 0.25) is 0 Å². The van der Waals surface area contributed by atoms with Crippen molar-refractivity contribution >= 4 is 5.82 Å². The van der Waals surface area contributed by atoms with Crippen molar-refractivity contribution in [3.05, 3.63) is 77.6 Å². The predicted molar refractivity (Wildman–Crippen MR) is 129 cm³/mol. The maximum Gasteiger partial charge on any atom is 0.318 e. The number of nitrogens with zero attached hydrogens (tertiary/aromatic N) is 5. The van der Waals surface area contributed by atoms with Crippen molar-refractivity contribution in [1.82, 2.24) is 19.5 Å². The van der Waals surface area contributed by atoms with Crippen molar-refractivity contribution in [3.8, 4) is 28.7 Å². The zero-order valence-electron chi connectivity index (χ0n) is 20.0. The van der Waals surface area contributed by atoms with E-state index in [1.54, 1.807) is 32.7 Å². The van der Waals surface area contributed by atoms with Gasteiger partial charge in [-0.2, -0.15) is 9.97 Å². The topological polar surface area (TPSA) is 74.5 Å². The van der Waals surface area contributed by atoms with E-state index in [1.165, 1.54) is 12.1 Å². The lowest BCUT2D eigenvalue weighted by molar-refractivity contribution is 0.103. The minimum Gasteiger partial charge on any atom is -0.495 e. The van der Waals surface area contributed by atoms with Crippen LogP contribution in [0.1, 0.15) is 29.8 Å². The molecule has 180 valence electrons. The number of aryl methyl sites for hydroxylation is 1. The number of halogens is 1. The first-order chi connectivity index (χ1) is 17.0. The Morgan fingerprint density at radius 3 is 2.54 bits per heavy atom. The molecule has 3 heterocycles. The van der Waals surface area contributed by atoms with E-state index in [2.05, 4.69) is 15.0 Å². The number of methoxy groups -OCH3 is 2. The van der Waals surface area contributed by atoms with Gasteiger partial charge >= 0.3 is 6.01 Å². The number of hydrogen-bond donors (Lipinski definition) is 0. The first kappa shape index (κ1) is 22.8. The molecule has 0 aliphatic carbocycles. The largest absolute Gasteiger partial charge is 0.495 e. The molecule has 1 aliphatic rings. The van der Waals surface area contributed by atoms with Gasteiger partial charge in [-0.05, 0) is 43.7 Å². The Labute approximate surface area is 202 Å². The van der Waals surface area contributed by atoms with Gasteiger partial charge in [0, 0.05) is 17.3 Å². The number of hydrogen-bond acceptors (Lipinski definition) is 7. The third kappa shape index (κ3) is 4.30. The van der Waals surface area contributed by atoms with Gasteiger partial charge in [-0.15, -0.1) is 0 Å². The van der Waals surface area contributed by atoms with Gasteiger partial charge in [-0.3, -0.25) is 0 Å². The van der Waals surface area contributed by atoms with Crippen LogP contribution in [-0.2, 0) is 11.3 Å². The van der Waals surface area contributed by atoms with Crippen LogP contribution in [0, 0.1) is 12.7 Å². The number of fused-ring (bicyclic) bond motifs is 1. The van der Waals surface area contributed by atoms with Crippen molar-refractivity contribution in [1.29, 1.82) is 0 Å². The second-order valence-electron chi connectivity index (χ2n) is 8.34. The minimum absolute atomic E-state index is 0.108. The molecule has 4 aromatic rings. The molecule has 2 aromatic heterocycles. The van der Waals surface area contributed by atoms with Gasteiger partial charge in [0.05, 0.1) is 50.3 Å². The summed E-state index contributed by atoms with van der Waals surface area (Å²) < 4.78 is 32.5. The standard InChI is InChI=1S/C26H26FN5O3/c1-16-12-31(14-28-16)22-10-7-19(11-23(22)33-3)24-21-13-35-15-32(25(21)30-26(29-24)34-4)17(2)18-5-8-20(27)9-6-18/h5-12,14,17H,13,15H2,1-4H3. The predicted octanol–water partition coefficient (Wildman–Crippen LogP) is 4.85. The Bertz CT molecular complexity index is 1360. The van der Waals surface area contributed by atoms with E-state index in [0.29, 0.717) is 24.8 Å². The van der Waals surface area contributed by atoms with Gasteiger partial charge < -0.3 is 23.7 Å². The fraction of sp³-hybridized carbons (Fsp3) is 0.269. The Kier molecular flexibility index (Phi) is 6.08. The van der Waals surface area contributed by atoms with Gasteiger partial charge in [-0.25, -0.2) is 9.37 Å². The third-order valence-corrected chi connectivity index (χ3v) is 6.16. The summed E-state index contributed by atoms with van der Waals surface area (Å²) in [6.45, 7) is 4.67. The van der Waals surface area contributed by atoms with Crippen LogP contribution in [0.3, 0.4) is 0 Å². The van der Waals surface area contributed by atoms with E-state index < -0.39 is 0 Å². The van der Waals surface area contributed by atoms with Crippen LogP contribution in [0.2, 0.25) is 0 Å². The molecule has 35 heavy (non-hydrogen) atoms. The summed E-state index contributed by atoms with van der Waals surface area (Å²) in [6.07, 6.45) is 3.70. The van der Waals surface area contributed by atoms with Gasteiger partial charge in [0.25, 0.3) is 0 Å². The highest BCUT2D eigenvalue weighted by atomic mass is 19.1. The van der Waals surface area contributed by atoms with Crippen LogP contribution in [0.4, 0.5) is 10.2 Å². The average Bonchev–Trinajstić information content (AvgIpc) is 3.33. The highest BCUT2D eigenvalue weighted by Crippen LogP contribution is 2.39. The fourth-order valence-corrected chi connectivity index (χ4v) is 4.27. The van der Waals surface area contributed by atoms with Crippen molar-refractivity contribution in [2.24, 2.45) is 0 Å². The van der Waals surface area contributed by atoms with Crippen molar-refractivity contribution in [2.75, 3.05) is 25.9 Å². The maximum atomic E-state index is 13.5. The molecule has 2 aromatic carbocycles. The van der Waals surface area contributed by atoms with Gasteiger partial charge in [0.1, 0.15) is 24.1 Å². The fourth-order valence-electron chi connectivity index (χ4n) is 4.27. The second kappa shape index (κ2) is 9.34. The van der Waals surface area contributed by atoms with Crippen LogP contribution in [0.5, 0.6) is 11.8 Å². The smallest absolute Gasteiger partial charge is 0.318 e. The molecule has 8 nitrogen and oxygen atoms in total. The van der Waals surface area contributed by atoms with Crippen LogP contribution in [-0.4, -0.2) is 40.5 Å². The summed E-state index contributed by atoms with van der Waals surface area (Å²) in [7, 11) is 3.18. The number of benzene rings is 2. The Morgan fingerprint density at radius 1 is 1.06 bits per heavy atom. The summed E-state index contributed by atoms with van der Waals surface area (Å²) in [4.78, 5) is 15.7. The number of anilines is 1. The van der Waals surface area contributed by atoms with E-state index in [4.69, 9.17) is 14.2 Å². The van der Waals surface area contributed by atoms with E-state index in [9.17, 15) is 4.39 Å². The molecule has 0 N–H and O–H groups in total. The molecule has 1 aliphatic heterocycles. The van der Waals surface area contributed by atoms with E-state index in [0.717, 1.165) is 33.9 Å². The Hall–Kier alpha value is -3.98. The van der Waals surface area contributed by atoms with Crippen LogP contribution >= 0.6 is 0 Å². The van der Waals surface area contributed by atoms with Crippen molar-refractivity contribution in [2.45, 2.75) is 26.5 Å². The van der Waals surface area contributed by atoms with E-state index in [1.807, 2.05) is 47.7 Å². The molecule has 1 atom stereocenters. The number of rotatable bonds is 6.